The molecule has 4 nitrogen and oxygen atoms in total. The van der Waals surface area contributed by atoms with Gasteiger partial charge in [-0.15, -0.1) is 0 Å². The maximum atomic E-state index is 13.2. The number of aromatic nitrogens is 1. The lowest BCUT2D eigenvalue weighted by atomic mass is 9.99. The summed E-state index contributed by atoms with van der Waals surface area (Å²) in [6.45, 7) is 3.92. The number of hydrogen-bond donors (Lipinski definition) is 1. The molecule has 3 aromatic rings. The summed E-state index contributed by atoms with van der Waals surface area (Å²) in [5.41, 5.74) is 1.37. The summed E-state index contributed by atoms with van der Waals surface area (Å²) in [4.78, 5) is 9.10. The van der Waals surface area contributed by atoms with Crippen molar-refractivity contribution in [1.82, 2.24) is 9.88 Å². The van der Waals surface area contributed by atoms with Gasteiger partial charge >= 0.3 is 6.18 Å². The lowest BCUT2D eigenvalue weighted by Crippen LogP contribution is -2.47. The Balaban J connectivity index is 1.75. The van der Waals surface area contributed by atoms with Gasteiger partial charge < -0.3 is 10.0 Å². The second kappa shape index (κ2) is 8.00. The van der Waals surface area contributed by atoms with Crippen LogP contribution in [0.5, 0.6) is 0 Å². The molecule has 0 saturated carbocycles. The van der Waals surface area contributed by atoms with Crippen LogP contribution in [-0.4, -0.2) is 54.3 Å². The third-order valence-corrected chi connectivity index (χ3v) is 5.32. The first-order valence-corrected chi connectivity index (χ1v) is 9.61. The molecule has 1 aliphatic heterocycles. The van der Waals surface area contributed by atoms with E-state index in [0.29, 0.717) is 12.1 Å². The maximum Gasteiger partial charge on any atom is 0.416 e. The smallest absolute Gasteiger partial charge is 0.395 e. The molecule has 0 spiro atoms. The standard InChI is InChI=1S/C22H22F3N3O/c23-22(24,25)17-5-3-4-16(14-17)19-15-21(26-20-7-2-1-6-18(19)20)28-10-8-27(9-11-28)12-13-29/h1-7,14-15,29H,8-13H2. The van der Waals surface area contributed by atoms with E-state index in [-0.39, 0.29) is 6.61 Å². The topological polar surface area (TPSA) is 39.6 Å². The van der Waals surface area contributed by atoms with E-state index in [0.717, 1.165) is 54.5 Å². The Kier molecular flexibility index (Phi) is 5.43. The molecule has 1 fully saturated rings. The predicted octanol–water partition coefficient (Wildman–Crippen LogP) is 4.03. The number of para-hydroxylation sites is 1. The molecular formula is C22H22F3N3O. The number of fused-ring (bicyclic) bond motifs is 1. The molecule has 1 saturated heterocycles. The Morgan fingerprint density at radius 1 is 0.931 bits per heavy atom. The predicted molar refractivity (Wildman–Crippen MR) is 108 cm³/mol. The number of aliphatic hydroxyl groups excluding tert-OH is 1. The summed E-state index contributed by atoms with van der Waals surface area (Å²) in [5.74, 6) is 0.764. The van der Waals surface area contributed by atoms with Gasteiger partial charge in [0.05, 0.1) is 17.7 Å². The van der Waals surface area contributed by atoms with E-state index in [9.17, 15) is 13.2 Å². The van der Waals surface area contributed by atoms with E-state index >= 15 is 0 Å². The molecule has 152 valence electrons. The average Bonchev–Trinajstić information content (AvgIpc) is 2.73. The number of halogens is 3. The summed E-state index contributed by atoms with van der Waals surface area (Å²) >= 11 is 0. The van der Waals surface area contributed by atoms with Gasteiger partial charge in [0, 0.05) is 38.1 Å². The van der Waals surface area contributed by atoms with E-state index in [4.69, 9.17) is 10.1 Å². The van der Waals surface area contributed by atoms with Gasteiger partial charge in [-0.3, -0.25) is 4.90 Å². The minimum atomic E-state index is -4.38. The molecule has 0 atom stereocenters. The fraction of sp³-hybridized carbons (Fsp3) is 0.318. The minimum Gasteiger partial charge on any atom is -0.395 e. The Labute approximate surface area is 167 Å². The molecular weight excluding hydrogens is 379 g/mol. The second-order valence-electron chi connectivity index (χ2n) is 7.18. The molecule has 2 aromatic carbocycles. The summed E-state index contributed by atoms with van der Waals surface area (Å²) in [7, 11) is 0. The lowest BCUT2D eigenvalue weighted by molar-refractivity contribution is -0.137. The van der Waals surface area contributed by atoms with Crippen molar-refractivity contribution in [2.45, 2.75) is 6.18 Å². The Morgan fingerprint density at radius 3 is 2.41 bits per heavy atom. The van der Waals surface area contributed by atoms with Gasteiger partial charge in [0.15, 0.2) is 0 Å². The van der Waals surface area contributed by atoms with Gasteiger partial charge in [-0.1, -0.05) is 30.3 Å². The Bertz CT molecular complexity index is 998. The number of anilines is 1. The molecule has 2 heterocycles. The van der Waals surface area contributed by atoms with Gasteiger partial charge in [-0.2, -0.15) is 13.2 Å². The highest BCUT2D eigenvalue weighted by molar-refractivity contribution is 5.96. The highest BCUT2D eigenvalue weighted by Crippen LogP contribution is 2.36. The Morgan fingerprint density at radius 2 is 1.69 bits per heavy atom. The van der Waals surface area contributed by atoms with Crippen LogP contribution in [0.4, 0.5) is 19.0 Å². The normalized spacial score (nSPS) is 15.8. The molecule has 0 amide bonds. The fourth-order valence-electron chi connectivity index (χ4n) is 3.77. The van der Waals surface area contributed by atoms with Crippen LogP contribution in [0.15, 0.2) is 54.6 Å². The summed E-state index contributed by atoms with van der Waals surface area (Å²) < 4.78 is 39.7. The summed E-state index contributed by atoms with van der Waals surface area (Å²) in [5, 5.41) is 9.94. The van der Waals surface area contributed by atoms with Gasteiger partial charge in [0.2, 0.25) is 0 Å². The molecule has 4 rings (SSSR count). The molecule has 0 aliphatic carbocycles. The van der Waals surface area contributed by atoms with Crippen LogP contribution in [0, 0.1) is 0 Å². The fourth-order valence-corrected chi connectivity index (χ4v) is 3.77. The van der Waals surface area contributed by atoms with Crippen molar-refractivity contribution >= 4 is 16.7 Å². The number of benzene rings is 2. The van der Waals surface area contributed by atoms with E-state index in [1.165, 1.54) is 12.1 Å². The van der Waals surface area contributed by atoms with Crippen LogP contribution in [0.3, 0.4) is 0 Å². The van der Waals surface area contributed by atoms with E-state index in [1.807, 2.05) is 30.3 Å². The third-order valence-electron chi connectivity index (χ3n) is 5.32. The maximum absolute atomic E-state index is 13.2. The molecule has 0 bridgehead atoms. The number of pyridine rings is 1. The molecule has 1 aromatic heterocycles. The van der Waals surface area contributed by atoms with Crippen molar-refractivity contribution in [3.63, 3.8) is 0 Å². The van der Waals surface area contributed by atoms with Crippen LogP contribution in [0.25, 0.3) is 22.0 Å². The van der Waals surface area contributed by atoms with Crippen molar-refractivity contribution in [1.29, 1.82) is 0 Å². The average molecular weight is 401 g/mol. The number of rotatable bonds is 4. The molecule has 0 unspecified atom stereocenters. The number of aliphatic hydroxyl groups is 1. The van der Waals surface area contributed by atoms with Crippen molar-refractivity contribution < 1.29 is 18.3 Å². The van der Waals surface area contributed by atoms with Crippen molar-refractivity contribution in [2.24, 2.45) is 0 Å². The van der Waals surface area contributed by atoms with E-state index in [2.05, 4.69) is 9.80 Å². The second-order valence-corrected chi connectivity index (χ2v) is 7.18. The number of piperazine rings is 1. The highest BCUT2D eigenvalue weighted by atomic mass is 19.4. The largest absolute Gasteiger partial charge is 0.416 e. The Hall–Kier alpha value is -2.64. The zero-order chi connectivity index (χ0) is 20.4. The minimum absolute atomic E-state index is 0.133. The number of hydrogen-bond acceptors (Lipinski definition) is 4. The van der Waals surface area contributed by atoms with Crippen LogP contribution in [0.1, 0.15) is 5.56 Å². The molecule has 1 aliphatic rings. The summed E-state index contributed by atoms with van der Waals surface area (Å²) in [6, 6.07) is 14.9. The highest BCUT2D eigenvalue weighted by Gasteiger charge is 2.30. The van der Waals surface area contributed by atoms with Gasteiger partial charge in [0.25, 0.3) is 0 Å². The van der Waals surface area contributed by atoms with Crippen LogP contribution in [0.2, 0.25) is 0 Å². The van der Waals surface area contributed by atoms with Crippen LogP contribution >= 0.6 is 0 Å². The van der Waals surface area contributed by atoms with Crippen molar-refractivity contribution in [2.75, 3.05) is 44.2 Å². The van der Waals surface area contributed by atoms with E-state index in [1.54, 1.807) is 6.07 Å². The van der Waals surface area contributed by atoms with Crippen molar-refractivity contribution in [3.8, 4) is 11.1 Å². The quantitative estimate of drug-likeness (QED) is 0.717. The van der Waals surface area contributed by atoms with Crippen molar-refractivity contribution in [3.05, 3.63) is 60.2 Å². The molecule has 0 radical (unpaired) electrons. The zero-order valence-electron chi connectivity index (χ0n) is 15.9. The first-order valence-electron chi connectivity index (χ1n) is 9.61. The first kappa shape index (κ1) is 19.7. The van der Waals surface area contributed by atoms with Gasteiger partial charge in [0.1, 0.15) is 5.82 Å². The molecule has 1 N–H and O–H groups in total. The number of β-amino-alcohol motifs (C(OH)–C–C–N with tert-alkyl or cyclic N) is 1. The van der Waals surface area contributed by atoms with Gasteiger partial charge in [-0.05, 0) is 35.4 Å². The third kappa shape index (κ3) is 4.21. The van der Waals surface area contributed by atoms with E-state index < -0.39 is 11.7 Å². The summed E-state index contributed by atoms with van der Waals surface area (Å²) in [6.07, 6.45) is -4.38. The van der Waals surface area contributed by atoms with Crippen LogP contribution in [-0.2, 0) is 6.18 Å². The number of nitrogens with zero attached hydrogens (tertiary/aromatic N) is 3. The van der Waals surface area contributed by atoms with Gasteiger partial charge in [-0.25, -0.2) is 4.98 Å². The molecule has 29 heavy (non-hydrogen) atoms. The SMILES string of the molecule is OCCN1CCN(c2cc(-c3cccc(C(F)(F)F)c3)c3ccccc3n2)CC1. The zero-order valence-corrected chi connectivity index (χ0v) is 15.9. The van der Waals surface area contributed by atoms with Crippen LogP contribution < -0.4 is 4.90 Å². The monoisotopic (exact) mass is 401 g/mol. The first-order chi connectivity index (χ1) is 14.0. The molecule has 7 heteroatoms. The number of alkyl halides is 3. The lowest BCUT2D eigenvalue weighted by Gasteiger charge is -2.35.